The first-order valence-electron chi connectivity index (χ1n) is 5.64. The van der Waals surface area contributed by atoms with Gasteiger partial charge in [-0.05, 0) is 35.7 Å². The predicted molar refractivity (Wildman–Crippen MR) is 69.4 cm³/mol. The van der Waals surface area contributed by atoms with Crippen molar-refractivity contribution in [1.82, 2.24) is 14.7 Å². The molecule has 2 aromatic rings. The first-order valence-corrected chi connectivity index (χ1v) is 7.29. The lowest BCUT2D eigenvalue weighted by molar-refractivity contribution is 0.580. The van der Waals surface area contributed by atoms with Crippen molar-refractivity contribution in [2.45, 2.75) is 13.0 Å². The van der Waals surface area contributed by atoms with Gasteiger partial charge in [-0.3, -0.25) is 4.98 Å². The second-order valence-electron chi connectivity index (χ2n) is 3.96. The van der Waals surface area contributed by atoms with Gasteiger partial charge in [0.15, 0.2) is 0 Å². The maximum atomic E-state index is 11.8. The number of nitrogens with zero attached hydrogens (tertiary/aromatic N) is 1. The molecule has 0 spiro atoms. The minimum Gasteiger partial charge on any atom is -0.367 e. The number of nitrogens with one attached hydrogen (secondary N) is 2. The number of H-pyrrole nitrogens is 1. The van der Waals surface area contributed by atoms with Crippen molar-refractivity contribution >= 4 is 10.0 Å². The smallest absolute Gasteiger partial charge is 0.212 e. The summed E-state index contributed by atoms with van der Waals surface area (Å²) in [6, 6.07) is 5.48. The maximum absolute atomic E-state index is 11.8. The van der Waals surface area contributed by atoms with E-state index in [4.69, 9.17) is 0 Å². The van der Waals surface area contributed by atoms with Gasteiger partial charge >= 0.3 is 0 Å². The Morgan fingerprint density at radius 2 is 1.94 bits per heavy atom. The average Bonchev–Trinajstić information content (AvgIpc) is 2.89. The number of aromatic nitrogens is 2. The number of sulfonamides is 1. The molecule has 5 nitrogen and oxygen atoms in total. The Labute approximate surface area is 106 Å². The van der Waals surface area contributed by atoms with E-state index in [2.05, 4.69) is 14.7 Å². The summed E-state index contributed by atoms with van der Waals surface area (Å²) in [5.41, 5.74) is 1.89. The van der Waals surface area contributed by atoms with Crippen molar-refractivity contribution in [3.63, 3.8) is 0 Å². The molecule has 0 aliphatic rings. The zero-order valence-electron chi connectivity index (χ0n) is 9.83. The summed E-state index contributed by atoms with van der Waals surface area (Å²) in [5.74, 6) is 0.0848. The highest BCUT2D eigenvalue weighted by Gasteiger charge is 2.10. The number of pyridine rings is 1. The number of aromatic amines is 1. The van der Waals surface area contributed by atoms with Gasteiger partial charge in [0.25, 0.3) is 0 Å². The summed E-state index contributed by atoms with van der Waals surface area (Å²) in [5, 5.41) is 0. The van der Waals surface area contributed by atoms with E-state index in [-0.39, 0.29) is 5.75 Å². The fourth-order valence-electron chi connectivity index (χ4n) is 1.54. The van der Waals surface area contributed by atoms with E-state index in [9.17, 15) is 8.42 Å². The van der Waals surface area contributed by atoms with E-state index in [1.54, 1.807) is 24.8 Å². The van der Waals surface area contributed by atoms with Crippen LogP contribution >= 0.6 is 0 Å². The molecule has 0 bridgehead atoms. The van der Waals surface area contributed by atoms with E-state index < -0.39 is 10.0 Å². The van der Waals surface area contributed by atoms with Crippen molar-refractivity contribution in [2.24, 2.45) is 0 Å². The van der Waals surface area contributed by atoms with Crippen LogP contribution in [-0.4, -0.2) is 24.1 Å². The van der Waals surface area contributed by atoms with E-state index in [1.807, 2.05) is 18.2 Å². The Balaban J connectivity index is 1.84. The Morgan fingerprint density at radius 1 is 1.17 bits per heavy atom. The average molecular weight is 265 g/mol. The van der Waals surface area contributed by atoms with Gasteiger partial charge in [-0.1, -0.05) is 0 Å². The molecule has 2 aromatic heterocycles. The molecule has 0 radical (unpaired) electrons. The first-order chi connectivity index (χ1) is 8.66. The van der Waals surface area contributed by atoms with Gasteiger partial charge in [-0.15, -0.1) is 0 Å². The molecule has 6 heteroatoms. The second-order valence-corrected chi connectivity index (χ2v) is 5.89. The number of aryl methyl sites for hydroxylation is 1. The van der Waals surface area contributed by atoms with E-state index in [1.165, 1.54) is 0 Å². The normalized spacial score (nSPS) is 11.6. The highest BCUT2D eigenvalue weighted by Crippen LogP contribution is 2.01. The van der Waals surface area contributed by atoms with Crippen molar-refractivity contribution in [3.8, 4) is 0 Å². The summed E-state index contributed by atoms with van der Waals surface area (Å²) in [7, 11) is -3.24. The molecular formula is C12H15N3O2S. The molecule has 0 saturated carbocycles. The highest BCUT2D eigenvalue weighted by atomic mass is 32.2. The molecule has 0 amide bonds. The Morgan fingerprint density at radius 3 is 2.61 bits per heavy atom. The third kappa shape index (κ3) is 3.97. The molecule has 2 N–H and O–H groups in total. The van der Waals surface area contributed by atoms with Gasteiger partial charge in [0.1, 0.15) is 0 Å². The van der Waals surface area contributed by atoms with Crippen LogP contribution in [0, 0.1) is 0 Å². The lowest BCUT2D eigenvalue weighted by Crippen LogP contribution is -2.26. The van der Waals surface area contributed by atoms with Crippen LogP contribution in [-0.2, 0) is 23.0 Å². The van der Waals surface area contributed by atoms with Gasteiger partial charge in [-0.2, -0.15) is 0 Å². The molecule has 2 heterocycles. The van der Waals surface area contributed by atoms with Crippen LogP contribution in [0.5, 0.6) is 0 Å². The quantitative estimate of drug-likeness (QED) is 0.820. The largest absolute Gasteiger partial charge is 0.367 e. The molecule has 0 aliphatic heterocycles. The SMILES string of the molecule is O=S(=O)(CCc1ccncc1)NCc1cc[nH]c1. The fraction of sp³-hybridized carbons (Fsp3) is 0.250. The molecule has 0 unspecified atom stereocenters. The van der Waals surface area contributed by atoms with Crippen LogP contribution in [0.3, 0.4) is 0 Å². The molecule has 96 valence electrons. The summed E-state index contributed by atoms with van der Waals surface area (Å²) >= 11 is 0. The van der Waals surface area contributed by atoms with E-state index >= 15 is 0 Å². The van der Waals surface area contributed by atoms with Crippen molar-refractivity contribution in [3.05, 3.63) is 54.1 Å². The van der Waals surface area contributed by atoms with Crippen molar-refractivity contribution in [1.29, 1.82) is 0 Å². The van der Waals surface area contributed by atoms with Crippen LogP contribution < -0.4 is 4.72 Å². The lowest BCUT2D eigenvalue weighted by Gasteiger charge is -2.05. The first kappa shape index (κ1) is 12.8. The summed E-state index contributed by atoms with van der Waals surface area (Å²) < 4.78 is 26.1. The summed E-state index contributed by atoms with van der Waals surface area (Å²) in [6.45, 7) is 0.322. The van der Waals surface area contributed by atoms with Crippen molar-refractivity contribution < 1.29 is 8.42 Å². The highest BCUT2D eigenvalue weighted by molar-refractivity contribution is 7.89. The predicted octanol–water partition coefficient (Wildman–Crippen LogP) is 1.07. The van der Waals surface area contributed by atoms with Crippen LogP contribution in [0.1, 0.15) is 11.1 Å². The molecule has 0 atom stereocenters. The molecule has 0 aliphatic carbocycles. The minimum atomic E-state index is -3.24. The Hall–Kier alpha value is -1.66. The van der Waals surface area contributed by atoms with Gasteiger partial charge in [-0.25, -0.2) is 13.1 Å². The molecular weight excluding hydrogens is 250 g/mol. The molecule has 18 heavy (non-hydrogen) atoms. The second kappa shape index (κ2) is 5.79. The monoisotopic (exact) mass is 265 g/mol. The Kier molecular flexibility index (Phi) is 4.11. The number of rotatable bonds is 6. The number of hydrogen-bond acceptors (Lipinski definition) is 3. The third-order valence-electron chi connectivity index (χ3n) is 2.57. The zero-order valence-corrected chi connectivity index (χ0v) is 10.7. The Bertz CT molecular complexity index is 565. The molecule has 0 saturated heterocycles. The van der Waals surface area contributed by atoms with Crippen LogP contribution in [0.15, 0.2) is 43.0 Å². The third-order valence-corrected chi connectivity index (χ3v) is 3.89. The maximum Gasteiger partial charge on any atom is 0.212 e. The van der Waals surface area contributed by atoms with Crippen molar-refractivity contribution in [2.75, 3.05) is 5.75 Å². The van der Waals surface area contributed by atoms with E-state index in [0.29, 0.717) is 13.0 Å². The van der Waals surface area contributed by atoms with E-state index in [0.717, 1.165) is 11.1 Å². The van der Waals surface area contributed by atoms with Crippen LogP contribution in [0.2, 0.25) is 0 Å². The zero-order chi connectivity index (χ0) is 12.8. The van der Waals surface area contributed by atoms with Gasteiger partial charge < -0.3 is 4.98 Å². The fourth-order valence-corrected chi connectivity index (χ4v) is 2.57. The lowest BCUT2D eigenvalue weighted by atomic mass is 10.2. The summed E-state index contributed by atoms with van der Waals surface area (Å²) in [4.78, 5) is 6.77. The minimum absolute atomic E-state index is 0.0848. The van der Waals surface area contributed by atoms with Crippen LogP contribution in [0.4, 0.5) is 0 Å². The van der Waals surface area contributed by atoms with Gasteiger partial charge in [0.2, 0.25) is 10.0 Å². The number of hydrogen-bond donors (Lipinski definition) is 2. The standard InChI is InChI=1S/C12H15N3O2S/c16-18(17,15-10-12-3-7-14-9-12)8-4-11-1-5-13-6-2-11/h1-3,5-7,9,14-15H,4,8,10H2. The molecule has 0 fully saturated rings. The topological polar surface area (TPSA) is 74.8 Å². The summed E-state index contributed by atoms with van der Waals surface area (Å²) in [6.07, 6.45) is 7.35. The van der Waals surface area contributed by atoms with Gasteiger partial charge in [0, 0.05) is 31.3 Å². The van der Waals surface area contributed by atoms with Gasteiger partial charge in [0.05, 0.1) is 5.75 Å². The molecule has 0 aromatic carbocycles. The van der Waals surface area contributed by atoms with Crippen LogP contribution in [0.25, 0.3) is 0 Å². The molecule has 2 rings (SSSR count).